The zero-order chi connectivity index (χ0) is 20.1. The SMILES string of the molecule is CC(=O)c1ccc(NC(=O)[C@@H](C)OC(=O)c2ccc(N)c([N+](=O)[O-])c2)cc1. The Morgan fingerprint density at radius 1 is 1.11 bits per heavy atom. The Morgan fingerprint density at radius 2 is 1.70 bits per heavy atom. The Morgan fingerprint density at radius 3 is 2.26 bits per heavy atom. The number of amides is 1. The number of nitrogens with one attached hydrogen (secondary N) is 1. The van der Waals surface area contributed by atoms with E-state index in [1.165, 1.54) is 26.0 Å². The third-order valence-electron chi connectivity index (χ3n) is 3.67. The number of anilines is 2. The van der Waals surface area contributed by atoms with Crippen LogP contribution in [0.1, 0.15) is 34.6 Å². The second-order valence-corrected chi connectivity index (χ2v) is 5.70. The number of ether oxygens (including phenoxy) is 1. The van der Waals surface area contributed by atoms with Crippen LogP contribution in [0.15, 0.2) is 42.5 Å². The molecule has 0 aromatic heterocycles. The van der Waals surface area contributed by atoms with E-state index in [9.17, 15) is 24.5 Å². The minimum absolute atomic E-state index is 0.0867. The maximum Gasteiger partial charge on any atom is 0.339 e. The molecular weight excluding hydrogens is 354 g/mol. The first kappa shape index (κ1) is 19.6. The zero-order valence-corrected chi connectivity index (χ0v) is 14.6. The fraction of sp³-hybridized carbons (Fsp3) is 0.167. The topological polar surface area (TPSA) is 142 Å². The van der Waals surface area contributed by atoms with Gasteiger partial charge in [0.1, 0.15) is 5.69 Å². The molecule has 0 unspecified atom stereocenters. The number of carbonyl (C=O) groups excluding carboxylic acids is 3. The molecule has 2 aromatic carbocycles. The van der Waals surface area contributed by atoms with Crippen LogP contribution < -0.4 is 11.1 Å². The van der Waals surface area contributed by atoms with Gasteiger partial charge in [0.25, 0.3) is 11.6 Å². The number of carbonyl (C=O) groups is 3. The van der Waals surface area contributed by atoms with E-state index in [2.05, 4.69) is 5.32 Å². The summed E-state index contributed by atoms with van der Waals surface area (Å²) < 4.78 is 5.04. The molecule has 0 aliphatic rings. The van der Waals surface area contributed by atoms with Gasteiger partial charge in [-0.15, -0.1) is 0 Å². The van der Waals surface area contributed by atoms with Gasteiger partial charge in [0.05, 0.1) is 10.5 Å². The predicted molar refractivity (Wildman–Crippen MR) is 97.5 cm³/mol. The van der Waals surface area contributed by atoms with Crippen molar-refractivity contribution in [2.24, 2.45) is 0 Å². The monoisotopic (exact) mass is 371 g/mol. The van der Waals surface area contributed by atoms with E-state index >= 15 is 0 Å². The van der Waals surface area contributed by atoms with Crippen molar-refractivity contribution in [3.8, 4) is 0 Å². The minimum atomic E-state index is -1.15. The molecule has 2 aromatic rings. The molecule has 0 saturated heterocycles. The average molecular weight is 371 g/mol. The fourth-order valence-corrected chi connectivity index (χ4v) is 2.14. The zero-order valence-electron chi connectivity index (χ0n) is 14.6. The number of benzene rings is 2. The normalized spacial score (nSPS) is 11.3. The lowest BCUT2D eigenvalue weighted by molar-refractivity contribution is -0.383. The number of nitro groups is 1. The molecular formula is C18H17N3O6. The Balaban J connectivity index is 2.03. The van der Waals surface area contributed by atoms with Gasteiger partial charge in [-0.3, -0.25) is 19.7 Å². The van der Waals surface area contributed by atoms with Crippen LogP contribution in [0.2, 0.25) is 0 Å². The van der Waals surface area contributed by atoms with E-state index in [4.69, 9.17) is 10.5 Å². The first-order chi connectivity index (χ1) is 12.7. The summed E-state index contributed by atoms with van der Waals surface area (Å²) in [5, 5.41) is 13.4. The minimum Gasteiger partial charge on any atom is -0.449 e. The van der Waals surface area contributed by atoms with Gasteiger partial charge in [0, 0.05) is 17.3 Å². The molecule has 0 saturated carbocycles. The standard InChI is InChI=1S/C18H17N3O6/c1-10(22)12-3-6-14(7-4-12)20-17(23)11(2)27-18(24)13-5-8-15(19)16(9-13)21(25)26/h3-9,11H,19H2,1-2H3,(H,20,23)/t11-/m1/s1. The molecule has 1 amide bonds. The summed E-state index contributed by atoms with van der Waals surface area (Å²) in [5.41, 5.74) is 5.79. The Labute approximate surface area is 154 Å². The summed E-state index contributed by atoms with van der Waals surface area (Å²) in [6.07, 6.45) is -1.15. The third-order valence-corrected chi connectivity index (χ3v) is 3.67. The number of nitro benzene ring substituents is 1. The molecule has 140 valence electrons. The van der Waals surface area contributed by atoms with Gasteiger partial charge in [-0.2, -0.15) is 0 Å². The largest absolute Gasteiger partial charge is 0.449 e. The highest BCUT2D eigenvalue weighted by Gasteiger charge is 2.21. The Hall–Kier alpha value is -3.75. The summed E-state index contributed by atoms with van der Waals surface area (Å²) in [4.78, 5) is 45.7. The molecule has 0 heterocycles. The smallest absolute Gasteiger partial charge is 0.339 e. The highest BCUT2D eigenvalue weighted by molar-refractivity contribution is 5.98. The summed E-state index contributed by atoms with van der Waals surface area (Å²) in [5.74, 6) is -1.59. The van der Waals surface area contributed by atoms with Crippen LogP contribution in [0.25, 0.3) is 0 Å². The van der Waals surface area contributed by atoms with Crippen molar-refractivity contribution in [1.29, 1.82) is 0 Å². The quantitative estimate of drug-likeness (QED) is 0.261. The number of nitrogens with zero attached hydrogens (tertiary/aromatic N) is 1. The molecule has 9 nitrogen and oxygen atoms in total. The van der Waals surface area contributed by atoms with Crippen LogP contribution in [0, 0.1) is 10.1 Å². The van der Waals surface area contributed by atoms with Gasteiger partial charge in [-0.1, -0.05) is 0 Å². The molecule has 2 rings (SSSR count). The Kier molecular flexibility index (Phi) is 5.86. The molecule has 27 heavy (non-hydrogen) atoms. The van der Waals surface area contributed by atoms with Gasteiger partial charge < -0.3 is 15.8 Å². The number of rotatable bonds is 6. The Bertz CT molecular complexity index is 908. The lowest BCUT2D eigenvalue weighted by Gasteiger charge is -2.14. The van der Waals surface area contributed by atoms with Gasteiger partial charge >= 0.3 is 5.97 Å². The van der Waals surface area contributed by atoms with Gasteiger partial charge in [0.2, 0.25) is 0 Å². The molecule has 0 aliphatic heterocycles. The molecule has 0 bridgehead atoms. The van der Waals surface area contributed by atoms with Gasteiger partial charge in [-0.05, 0) is 50.2 Å². The number of hydrogen-bond acceptors (Lipinski definition) is 7. The van der Waals surface area contributed by atoms with Crippen LogP contribution in [0.3, 0.4) is 0 Å². The first-order valence-electron chi connectivity index (χ1n) is 7.86. The van der Waals surface area contributed by atoms with Crippen LogP contribution in [0.4, 0.5) is 17.1 Å². The van der Waals surface area contributed by atoms with Crippen molar-refractivity contribution in [3.05, 3.63) is 63.7 Å². The molecule has 3 N–H and O–H groups in total. The average Bonchev–Trinajstić information content (AvgIpc) is 2.62. The number of esters is 1. The van der Waals surface area contributed by atoms with E-state index in [-0.39, 0.29) is 17.0 Å². The van der Waals surface area contributed by atoms with Crippen LogP contribution in [-0.2, 0) is 9.53 Å². The highest BCUT2D eigenvalue weighted by Crippen LogP contribution is 2.23. The second kappa shape index (κ2) is 8.09. The van der Waals surface area contributed by atoms with E-state index in [0.717, 1.165) is 6.07 Å². The fourth-order valence-electron chi connectivity index (χ4n) is 2.14. The van der Waals surface area contributed by atoms with Crippen molar-refractivity contribution in [3.63, 3.8) is 0 Å². The van der Waals surface area contributed by atoms with Crippen LogP contribution >= 0.6 is 0 Å². The second-order valence-electron chi connectivity index (χ2n) is 5.70. The van der Waals surface area contributed by atoms with Crippen molar-refractivity contribution < 1.29 is 24.0 Å². The summed E-state index contributed by atoms with van der Waals surface area (Å²) in [6, 6.07) is 9.69. The lowest BCUT2D eigenvalue weighted by atomic mass is 10.1. The lowest BCUT2D eigenvalue weighted by Crippen LogP contribution is -2.30. The van der Waals surface area contributed by atoms with Gasteiger partial charge in [0.15, 0.2) is 11.9 Å². The molecule has 9 heteroatoms. The number of Topliss-reactive ketones (excluding diaryl/α,β-unsaturated/α-hetero) is 1. The summed E-state index contributed by atoms with van der Waals surface area (Å²) in [7, 11) is 0. The number of ketones is 1. The van der Waals surface area contributed by atoms with Crippen LogP contribution in [-0.4, -0.2) is 28.7 Å². The van der Waals surface area contributed by atoms with Crippen LogP contribution in [0.5, 0.6) is 0 Å². The highest BCUT2D eigenvalue weighted by atomic mass is 16.6. The first-order valence-corrected chi connectivity index (χ1v) is 7.86. The van der Waals surface area contributed by atoms with E-state index < -0.39 is 28.6 Å². The van der Waals surface area contributed by atoms with E-state index in [1.807, 2.05) is 0 Å². The predicted octanol–water partition coefficient (Wildman–Crippen LogP) is 2.56. The number of hydrogen-bond donors (Lipinski definition) is 2. The summed E-state index contributed by atoms with van der Waals surface area (Å²) in [6.45, 7) is 2.79. The van der Waals surface area contributed by atoms with Crippen molar-refractivity contribution >= 4 is 34.7 Å². The molecule has 0 aliphatic carbocycles. The maximum atomic E-state index is 12.1. The maximum absolute atomic E-state index is 12.1. The molecule has 0 spiro atoms. The van der Waals surface area contributed by atoms with Gasteiger partial charge in [-0.25, -0.2) is 4.79 Å². The van der Waals surface area contributed by atoms with Crippen molar-refractivity contribution in [2.75, 3.05) is 11.1 Å². The molecule has 0 radical (unpaired) electrons. The third kappa shape index (κ3) is 4.88. The molecule has 0 fully saturated rings. The van der Waals surface area contributed by atoms with Crippen molar-refractivity contribution in [1.82, 2.24) is 0 Å². The number of nitrogen functional groups attached to an aromatic ring is 1. The van der Waals surface area contributed by atoms with Crippen molar-refractivity contribution in [2.45, 2.75) is 20.0 Å². The van der Waals surface area contributed by atoms with E-state index in [0.29, 0.717) is 11.3 Å². The summed E-state index contributed by atoms with van der Waals surface area (Å²) >= 11 is 0. The van der Waals surface area contributed by atoms with E-state index in [1.54, 1.807) is 24.3 Å². The molecule has 1 atom stereocenters. The number of nitrogens with two attached hydrogens (primary N) is 1.